The van der Waals surface area contributed by atoms with Crippen molar-refractivity contribution in [2.24, 2.45) is 5.41 Å². The Bertz CT molecular complexity index is 1450. The van der Waals surface area contributed by atoms with Gasteiger partial charge in [-0.2, -0.15) is 4.98 Å². The molecule has 0 amide bonds. The fourth-order valence-corrected chi connectivity index (χ4v) is 5.37. The Kier molecular flexibility index (Phi) is 4.07. The minimum absolute atomic E-state index is 0.210. The molecule has 1 spiro atoms. The second-order valence-electron chi connectivity index (χ2n) is 9.22. The highest BCUT2D eigenvalue weighted by atomic mass is 16.4. The molecule has 4 aromatic rings. The first kappa shape index (κ1) is 19.2. The van der Waals surface area contributed by atoms with E-state index in [1.165, 1.54) is 19.0 Å². The first-order chi connectivity index (χ1) is 15.5. The number of nitrogens with one attached hydrogen (secondary N) is 1. The average Bonchev–Trinajstić information content (AvgIpc) is 3.37. The number of carbonyl (C=O) groups is 1. The number of pyridine rings is 1. The first-order valence-electron chi connectivity index (χ1n) is 10.9. The largest absolute Gasteiger partial charge is 0.477 e. The molecule has 2 aliphatic rings. The number of carboxylic acids is 1. The number of anilines is 1. The van der Waals surface area contributed by atoms with Crippen LogP contribution in [0.15, 0.2) is 35.3 Å². The Morgan fingerprint density at radius 3 is 2.69 bits per heavy atom. The van der Waals surface area contributed by atoms with E-state index in [1.807, 2.05) is 24.3 Å². The number of aromatic amines is 1. The molecule has 1 aromatic carbocycles. The van der Waals surface area contributed by atoms with Gasteiger partial charge < -0.3 is 19.9 Å². The highest BCUT2D eigenvalue weighted by molar-refractivity contribution is 6.02. The summed E-state index contributed by atoms with van der Waals surface area (Å²) in [6.45, 7) is 4.01. The van der Waals surface area contributed by atoms with Gasteiger partial charge in [-0.1, -0.05) is 12.1 Å². The minimum Gasteiger partial charge on any atom is -0.477 e. The van der Waals surface area contributed by atoms with E-state index < -0.39 is 11.4 Å². The molecule has 2 aliphatic heterocycles. The van der Waals surface area contributed by atoms with Crippen LogP contribution in [-0.2, 0) is 0 Å². The Hall–Kier alpha value is -3.46. The lowest BCUT2D eigenvalue weighted by molar-refractivity contribution is 0.0697. The third-order valence-electron chi connectivity index (χ3n) is 7.28. The number of para-hydroxylation sites is 2. The normalized spacial score (nSPS) is 19.0. The van der Waals surface area contributed by atoms with Crippen molar-refractivity contribution in [2.45, 2.75) is 19.3 Å². The van der Waals surface area contributed by atoms with E-state index in [0.29, 0.717) is 17.0 Å². The number of fused-ring (bicyclic) bond motifs is 5. The lowest BCUT2D eigenvalue weighted by Gasteiger charge is -2.37. The van der Waals surface area contributed by atoms with Crippen molar-refractivity contribution in [2.75, 3.05) is 38.1 Å². The predicted molar refractivity (Wildman–Crippen MR) is 122 cm³/mol. The molecule has 3 aromatic heterocycles. The molecule has 0 saturated carbocycles. The number of hydrogen-bond donors (Lipinski definition) is 2. The summed E-state index contributed by atoms with van der Waals surface area (Å²) in [5.74, 6) is -0.677. The summed E-state index contributed by atoms with van der Waals surface area (Å²) < 4.78 is 1.74. The summed E-state index contributed by atoms with van der Waals surface area (Å²) in [7, 11) is 2.17. The number of carboxylic acid groups (broad SMARTS) is 1. The number of likely N-dealkylation sites (tertiary alicyclic amines) is 1. The van der Waals surface area contributed by atoms with Crippen LogP contribution >= 0.6 is 0 Å². The average molecular weight is 432 g/mol. The van der Waals surface area contributed by atoms with Crippen LogP contribution in [0, 0.1) is 5.41 Å². The fraction of sp³-hybridized carbons (Fsp3) is 0.391. The van der Waals surface area contributed by atoms with Crippen LogP contribution in [0.1, 0.15) is 29.6 Å². The maximum atomic E-state index is 13.1. The van der Waals surface area contributed by atoms with Gasteiger partial charge in [0, 0.05) is 19.3 Å². The number of rotatable bonds is 2. The fourth-order valence-electron chi connectivity index (χ4n) is 5.37. The van der Waals surface area contributed by atoms with Gasteiger partial charge in [0.1, 0.15) is 11.2 Å². The summed E-state index contributed by atoms with van der Waals surface area (Å²) in [5, 5.41) is 9.96. The lowest BCUT2D eigenvalue weighted by atomic mass is 9.78. The van der Waals surface area contributed by atoms with E-state index in [4.69, 9.17) is 4.98 Å². The Balaban J connectivity index is 1.53. The highest BCUT2D eigenvalue weighted by Crippen LogP contribution is 2.41. The Morgan fingerprint density at radius 2 is 1.91 bits per heavy atom. The van der Waals surface area contributed by atoms with E-state index >= 15 is 0 Å². The topological polar surface area (TPSA) is 107 Å². The Morgan fingerprint density at radius 1 is 1.16 bits per heavy atom. The zero-order valence-corrected chi connectivity index (χ0v) is 17.8. The minimum atomic E-state index is -1.27. The van der Waals surface area contributed by atoms with Crippen LogP contribution in [0.2, 0.25) is 0 Å². The van der Waals surface area contributed by atoms with E-state index in [1.54, 1.807) is 4.40 Å². The molecule has 164 valence electrons. The molecular formula is C23H24N6O3. The van der Waals surface area contributed by atoms with Gasteiger partial charge in [-0.05, 0) is 56.9 Å². The number of imidazole rings is 1. The molecular weight excluding hydrogens is 408 g/mol. The SMILES string of the molecule is CN1CCC2(CC1)CCN(c1ncc3c(=O)c(C(=O)O)c4[nH]c5ccccc5n4c3n1)C2. The molecule has 0 atom stereocenters. The van der Waals surface area contributed by atoms with Crippen molar-refractivity contribution in [3.05, 3.63) is 46.2 Å². The molecule has 0 radical (unpaired) electrons. The second-order valence-corrected chi connectivity index (χ2v) is 9.22. The van der Waals surface area contributed by atoms with Gasteiger partial charge in [0.2, 0.25) is 11.4 Å². The summed E-state index contributed by atoms with van der Waals surface area (Å²) in [6, 6.07) is 7.49. The van der Waals surface area contributed by atoms with Crippen LogP contribution in [0.3, 0.4) is 0 Å². The van der Waals surface area contributed by atoms with E-state index in [2.05, 4.69) is 26.8 Å². The van der Waals surface area contributed by atoms with Crippen LogP contribution in [-0.4, -0.2) is 68.6 Å². The number of aromatic carboxylic acids is 1. The van der Waals surface area contributed by atoms with Crippen LogP contribution < -0.4 is 10.3 Å². The molecule has 2 fully saturated rings. The molecule has 6 rings (SSSR count). The van der Waals surface area contributed by atoms with Crippen molar-refractivity contribution in [1.29, 1.82) is 0 Å². The zero-order chi connectivity index (χ0) is 22.0. The summed E-state index contributed by atoms with van der Waals surface area (Å²) in [5.41, 5.74) is 1.62. The number of aromatic nitrogens is 4. The molecule has 2 saturated heterocycles. The van der Waals surface area contributed by atoms with Crippen LogP contribution in [0.4, 0.5) is 5.95 Å². The molecule has 32 heavy (non-hydrogen) atoms. The van der Waals surface area contributed by atoms with Crippen LogP contribution in [0.5, 0.6) is 0 Å². The van der Waals surface area contributed by atoms with E-state index in [9.17, 15) is 14.7 Å². The molecule has 2 N–H and O–H groups in total. The van der Waals surface area contributed by atoms with Gasteiger partial charge in [0.25, 0.3) is 0 Å². The molecule has 9 heteroatoms. The molecule has 0 unspecified atom stereocenters. The number of piperidine rings is 1. The highest BCUT2D eigenvalue weighted by Gasteiger charge is 2.40. The smallest absolute Gasteiger partial charge is 0.343 e. The summed E-state index contributed by atoms with van der Waals surface area (Å²) in [6.07, 6.45) is 4.94. The van der Waals surface area contributed by atoms with Gasteiger partial charge >= 0.3 is 5.97 Å². The maximum absolute atomic E-state index is 13.1. The van der Waals surface area contributed by atoms with E-state index in [0.717, 1.165) is 43.6 Å². The number of benzene rings is 1. The van der Waals surface area contributed by atoms with Crippen molar-refractivity contribution in [3.8, 4) is 0 Å². The van der Waals surface area contributed by atoms with Crippen molar-refractivity contribution in [1.82, 2.24) is 24.3 Å². The van der Waals surface area contributed by atoms with E-state index in [-0.39, 0.29) is 16.6 Å². The van der Waals surface area contributed by atoms with Gasteiger partial charge in [-0.15, -0.1) is 0 Å². The third kappa shape index (κ3) is 2.74. The molecule has 9 nitrogen and oxygen atoms in total. The first-order valence-corrected chi connectivity index (χ1v) is 10.9. The van der Waals surface area contributed by atoms with Gasteiger partial charge in [0.05, 0.1) is 16.4 Å². The summed E-state index contributed by atoms with van der Waals surface area (Å²) >= 11 is 0. The molecule has 0 aliphatic carbocycles. The van der Waals surface area contributed by atoms with Crippen molar-refractivity contribution in [3.63, 3.8) is 0 Å². The molecule has 5 heterocycles. The maximum Gasteiger partial charge on any atom is 0.343 e. The van der Waals surface area contributed by atoms with Crippen molar-refractivity contribution < 1.29 is 9.90 Å². The predicted octanol–water partition coefficient (Wildman–Crippen LogP) is 2.34. The third-order valence-corrected chi connectivity index (χ3v) is 7.28. The lowest BCUT2D eigenvalue weighted by Crippen LogP contribution is -2.39. The Labute approximate surface area is 183 Å². The standard InChI is InChI=1S/C23H24N6O3/c1-27-9-6-23(7-10-27)8-11-28(13-23)22-24-12-14-18(30)17(21(31)32)20-25-15-4-2-3-5-16(15)29(20)19(14)26-22/h2-5,12,25H,6-11,13H2,1H3,(H,31,32). The number of hydrogen-bond acceptors (Lipinski definition) is 6. The van der Waals surface area contributed by atoms with Gasteiger partial charge in [-0.25, -0.2) is 9.78 Å². The summed E-state index contributed by atoms with van der Waals surface area (Å²) in [4.78, 5) is 42.0. The second kappa shape index (κ2) is 6.77. The zero-order valence-electron chi connectivity index (χ0n) is 17.8. The van der Waals surface area contributed by atoms with Crippen LogP contribution in [0.25, 0.3) is 27.7 Å². The molecule has 0 bridgehead atoms. The van der Waals surface area contributed by atoms with Crippen molar-refractivity contribution >= 4 is 39.6 Å². The monoisotopic (exact) mass is 432 g/mol. The quantitative estimate of drug-likeness (QED) is 0.501. The number of H-pyrrole nitrogens is 1. The van der Waals surface area contributed by atoms with Gasteiger partial charge in [0.15, 0.2) is 5.65 Å². The number of nitrogens with zero attached hydrogens (tertiary/aromatic N) is 5. The van der Waals surface area contributed by atoms with Gasteiger partial charge in [-0.3, -0.25) is 9.20 Å².